The number of aryl methyl sites for hydroxylation is 1. The van der Waals surface area contributed by atoms with E-state index in [1.165, 1.54) is 0 Å². The van der Waals surface area contributed by atoms with Gasteiger partial charge in [0.25, 0.3) is 5.91 Å². The molecule has 1 amide bonds. The van der Waals surface area contributed by atoms with Crippen molar-refractivity contribution in [2.75, 3.05) is 6.61 Å². The minimum atomic E-state index is -0.201. The summed E-state index contributed by atoms with van der Waals surface area (Å²) in [5.74, 6) is 1.41. The maximum Gasteiger partial charge on any atom is 0.260 e. The summed E-state index contributed by atoms with van der Waals surface area (Å²) in [4.78, 5) is 16.6. The standard InChI is InChI=1S/C19H20N4O2/c1-3-25-16-10-8-15(9-11-16)12-20-22-19(24)13-23-14(2)21-17-6-4-5-7-18(17)23/h4-12H,3,13H2,1-2H3,(H,22,24)/b20-12-. The number of carbonyl (C=O) groups is 1. The molecule has 1 aromatic heterocycles. The molecule has 0 aliphatic rings. The third-order valence-electron chi connectivity index (χ3n) is 3.74. The number of benzene rings is 2. The molecule has 0 saturated heterocycles. The highest BCUT2D eigenvalue weighted by atomic mass is 16.5. The van der Waals surface area contributed by atoms with E-state index in [-0.39, 0.29) is 12.5 Å². The van der Waals surface area contributed by atoms with E-state index in [4.69, 9.17) is 4.74 Å². The monoisotopic (exact) mass is 336 g/mol. The quantitative estimate of drug-likeness (QED) is 0.556. The molecule has 6 heteroatoms. The number of amides is 1. The lowest BCUT2D eigenvalue weighted by Gasteiger charge is -2.05. The van der Waals surface area contributed by atoms with Crippen LogP contribution in [0.3, 0.4) is 0 Å². The molecule has 0 unspecified atom stereocenters. The second-order valence-corrected chi connectivity index (χ2v) is 5.53. The zero-order valence-electron chi connectivity index (χ0n) is 14.3. The van der Waals surface area contributed by atoms with Gasteiger partial charge in [0.15, 0.2) is 0 Å². The SMILES string of the molecule is CCOc1ccc(/C=N\NC(=O)Cn2c(C)nc3ccccc32)cc1. The summed E-state index contributed by atoms with van der Waals surface area (Å²) in [7, 11) is 0. The van der Waals surface area contributed by atoms with Crippen molar-refractivity contribution in [2.24, 2.45) is 5.10 Å². The fourth-order valence-electron chi connectivity index (χ4n) is 2.57. The molecular formula is C19H20N4O2. The van der Waals surface area contributed by atoms with Crippen molar-refractivity contribution in [1.29, 1.82) is 0 Å². The molecule has 3 rings (SSSR count). The number of nitrogens with zero attached hydrogens (tertiary/aromatic N) is 3. The molecule has 128 valence electrons. The van der Waals surface area contributed by atoms with Gasteiger partial charge in [0, 0.05) is 0 Å². The minimum absolute atomic E-state index is 0.174. The second kappa shape index (κ2) is 7.61. The fourth-order valence-corrected chi connectivity index (χ4v) is 2.57. The van der Waals surface area contributed by atoms with Crippen molar-refractivity contribution >= 4 is 23.2 Å². The molecule has 0 atom stereocenters. The molecule has 2 aromatic carbocycles. The van der Waals surface area contributed by atoms with Gasteiger partial charge in [0.1, 0.15) is 18.1 Å². The van der Waals surface area contributed by atoms with Gasteiger partial charge >= 0.3 is 0 Å². The van der Waals surface area contributed by atoms with Gasteiger partial charge < -0.3 is 9.30 Å². The number of hydrazone groups is 1. The van der Waals surface area contributed by atoms with Gasteiger partial charge in [0.2, 0.25) is 0 Å². The fraction of sp³-hybridized carbons (Fsp3) is 0.211. The Labute approximate surface area is 146 Å². The number of aromatic nitrogens is 2. The lowest BCUT2D eigenvalue weighted by atomic mass is 10.2. The zero-order valence-corrected chi connectivity index (χ0v) is 14.3. The van der Waals surface area contributed by atoms with E-state index in [2.05, 4.69) is 15.5 Å². The van der Waals surface area contributed by atoms with Crippen molar-refractivity contribution in [3.8, 4) is 5.75 Å². The van der Waals surface area contributed by atoms with Crippen LogP contribution in [0.1, 0.15) is 18.3 Å². The lowest BCUT2D eigenvalue weighted by molar-refractivity contribution is -0.121. The van der Waals surface area contributed by atoms with E-state index < -0.39 is 0 Å². The molecule has 0 radical (unpaired) electrons. The smallest absolute Gasteiger partial charge is 0.260 e. The number of para-hydroxylation sites is 2. The van der Waals surface area contributed by atoms with Crippen molar-refractivity contribution < 1.29 is 9.53 Å². The maximum absolute atomic E-state index is 12.1. The lowest BCUT2D eigenvalue weighted by Crippen LogP contribution is -2.23. The third-order valence-corrected chi connectivity index (χ3v) is 3.74. The molecule has 0 bridgehead atoms. The molecule has 6 nitrogen and oxygen atoms in total. The van der Waals surface area contributed by atoms with Gasteiger partial charge in [-0.05, 0) is 55.8 Å². The average molecular weight is 336 g/mol. The van der Waals surface area contributed by atoms with Crippen molar-refractivity contribution in [1.82, 2.24) is 15.0 Å². The predicted octanol–water partition coefficient (Wildman–Crippen LogP) is 2.89. The van der Waals surface area contributed by atoms with Crippen LogP contribution in [0.2, 0.25) is 0 Å². The molecule has 0 aliphatic carbocycles. The number of hydrogen-bond donors (Lipinski definition) is 1. The average Bonchev–Trinajstić information content (AvgIpc) is 2.92. The normalized spacial score (nSPS) is 11.1. The molecule has 3 aromatic rings. The Balaban J connectivity index is 1.61. The van der Waals surface area contributed by atoms with Crippen molar-refractivity contribution in [3.05, 3.63) is 59.9 Å². The summed E-state index contributed by atoms with van der Waals surface area (Å²) < 4.78 is 7.26. The van der Waals surface area contributed by atoms with Gasteiger partial charge in [-0.2, -0.15) is 5.10 Å². The highest BCUT2D eigenvalue weighted by Crippen LogP contribution is 2.15. The largest absolute Gasteiger partial charge is 0.494 e. The number of nitrogens with one attached hydrogen (secondary N) is 1. The number of imidazole rings is 1. The highest BCUT2D eigenvalue weighted by molar-refractivity contribution is 5.84. The van der Waals surface area contributed by atoms with Gasteiger partial charge in [-0.1, -0.05) is 12.1 Å². The van der Waals surface area contributed by atoms with Gasteiger partial charge in [-0.25, -0.2) is 10.4 Å². The van der Waals surface area contributed by atoms with Crippen LogP contribution in [0.5, 0.6) is 5.75 Å². The number of carbonyl (C=O) groups excluding carboxylic acids is 1. The summed E-state index contributed by atoms with van der Waals surface area (Å²) >= 11 is 0. The van der Waals surface area contributed by atoms with Crippen LogP contribution in [-0.2, 0) is 11.3 Å². The molecular weight excluding hydrogens is 316 g/mol. The highest BCUT2D eigenvalue weighted by Gasteiger charge is 2.09. The third kappa shape index (κ3) is 4.03. The van der Waals surface area contributed by atoms with E-state index >= 15 is 0 Å². The topological polar surface area (TPSA) is 68.5 Å². The Bertz CT molecular complexity index is 897. The van der Waals surface area contributed by atoms with Crippen molar-refractivity contribution in [3.63, 3.8) is 0 Å². The van der Waals surface area contributed by atoms with Crippen LogP contribution in [0, 0.1) is 6.92 Å². The maximum atomic E-state index is 12.1. The van der Waals surface area contributed by atoms with Crippen LogP contribution < -0.4 is 10.2 Å². The Morgan fingerprint density at radius 1 is 1.24 bits per heavy atom. The Hall–Kier alpha value is -3.15. The first-order valence-corrected chi connectivity index (χ1v) is 8.14. The zero-order chi connectivity index (χ0) is 17.6. The Morgan fingerprint density at radius 3 is 2.76 bits per heavy atom. The van der Waals surface area contributed by atoms with E-state index in [1.807, 2.05) is 66.9 Å². The molecule has 0 spiro atoms. The van der Waals surface area contributed by atoms with Crippen LogP contribution in [-0.4, -0.2) is 28.3 Å². The molecule has 0 saturated carbocycles. The van der Waals surface area contributed by atoms with Crippen LogP contribution in [0.25, 0.3) is 11.0 Å². The Morgan fingerprint density at radius 2 is 2.00 bits per heavy atom. The van der Waals surface area contributed by atoms with Gasteiger partial charge in [0.05, 0.1) is 23.9 Å². The van der Waals surface area contributed by atoms with E-state index in [0.29, 0.717) is 6.61 Å². The molecule has 1 N–H and O–H groups in total. The first-order chi connectivity index (χ1) is 12.2. The second-order valence-electron chi connectivity index (χ2n) is 5.53. The molecule has 25 heavy (non-hydrogen) atoms. The van der Waals surface area contributed by atoms with Crippen LogP contribution >= 0.6 is 0 Å². The minimum Gasteiger partial charge on any atom is -0.494 e. The number of rotatable bonds is 6. The molecule has 0 aliphatic heterocycles. The number of ether oxygens (including phenoxy) is 1. The molecule has 1 heterocycles. The predicted molar refractivity (Wildman–Crippen MR) is 97.8 cm³/mol. The number of fused-ring (bicyclic) bond motifs is 1. The molecule has 0 fully saturated rings. The first kappa shape index (κ1) is 16.7. The summed E-state index contributed by atoms with van der Waals surface area (Å²) in [6.45, 7) is 4.63. The summed E-state index contributed by atoms with van der Waals surface area (Å²) in [5.41, 5.74) is 5.25. The summed E-state index contributed by atoms with van der Waals surface area (Å²) in [6, 6.07) is 15.2. The van der Waals surface area contributed by atoms with Gasteiger partial charge in [-0.15, -0.1) is 0 Å². The number of hydrogen-bond acceptors (Lipinski definition) is 4. The summed E-state index contributed by atoms with van der Waals surface area (Å²) in [6.07, 6.45) is 1.60. The van der Waals surface area contributed by atoms with Crippen molar-refractivity contribution in [2.45, 2.75) is 20.4 Å². The van der Waals surface area contributed by atoms with Crippen LogP contribution in [0.15, 0.2) is 53.6 Å². The van der Waals surface area contributed by atoms with E-state index in [1.54, 1.807) is 6.21 Å². The summed E-state index contributed by atoms with van der Waals surface area (Å²) in [5, 5.41) is 4.01. The van der Waals surface area contributed by atoms with E-state index in [0.717, 1.165) is 28.2 Å². The van der Waals surface area contributed by atoms with Gasteiger partial charge in [-0.3, -0.25) is 4.79 Å². The Kier molecular flexibility index (Phi) is 5.09. The van der Waals surface area contributed by atoms with E-state index in [9.17, 15) is 4.79 Å². The van der Waals surface area contributed by atoms with Crippen LogP contribution in [0.4, 0.5) is 0 Å². The first-order valence-electron chi connectivity index (χ1n) is 8.14.